The molecule has 0 fully saturated rings. The lowest BCUT2D eigenvalue weighted by atomic mass is 10.1. The van der Waals surface area contributed by atoms with Gasteiger partial charge in [0, 0.05) is 5.56 Å². The number of nitro benzene ring substituents is 1. The topological polar surface area (TPSA) is 43.1 Å². The number of hydrogen-bond donors (Lipinski definition) is 1. The molecule has 0 saturated heterocycles. The van der Waals surface area contributed by atoms with Crippen molar-refractivity contribution in [3.05, 3.63) is 45.5 Å². The Kier molecular flexibility index (Phi) is 4.42. The van der Waals surface area contributed by atoms with Gasteiger partial charge in [-0.15, -0.1) is 0 Å². The van der Waals surface area contributed by atoms with Crippen LogP contribution in [0.1, 0.15) is 12.0 Å². The second kappa shape index (κ2) is 5.60. The van der Waals surface area contributed by atoms with E-state index in [4.69, 9.17) is 0 Å². The molecule has 6 heteroatoms. The summed E-state index contributed by atoms with van der Waals surface area (Å²) in [7, 11) is 0. The number of benzene rings is 1. The minimum Gasteiger partial charge on any atom is -0.258 e. The Morgan fingerprint density at radius 2 is 2.06 bits per heavy atom. The minimum atomic E-state index is -1.04. The van der Waals surface area contributed by atoms with Crippen molar-refractivity contribution in [1.29, 1.82) is 0 Å². The third-order valence-corrected chi connectivity index (χ3v) is 2.11. The Labute approximate surface area is 96.3 Å². The van der Waals surface area contributed by atoms with Gasteiger partial charge in [0.25, 0.3) is 0 Å². The molecule has 0 aliphatic rings. The van der Waals surface area contributed by atoms with Crippen LogP contribution in [0.4, 0.5) is 14.5 Å². The molecule has 0 aliphatic carbocycles. The van der Waals surface area contributed by atoms with E-state index in [0.717, 1.165) is 6.07 Å². The maximum atomic E-state index is 13.3. The fourth-order valence-electron chi connectivity index (χ4n) is 1.10. The van der Waals surface area contributed by atoms with Gasteiger partial charge >= 0.3 is 5.69 Å². The molecule has 0 spiro atoms. The third-order valence-electron chi connectivity index (χ3n) is 1.86. The van der Waals surface area contributed by atoms with Crippen LogP contribution in [-0.2, 0) is 0 Å². The van der Waals surface area contributed by atoms with Crippen molar-refractivity contribution in [2.24, 2.45) is 0 Å². The lowest BCUT2D eigenvalue weighted by Crippen LogP contribution is -1.95. The van der Waals surface area contributed by atoms with Gasteiger partial charge in [-0.3, -0.25) is 10.1 Å². The molecule has 0 aromatic heterocycles. The molecule has 0 amide bonds. The first-order chi connectivity index (χ1) is 7.56. The normalized spacial score (nSPS) is 10.9. The van der Waals surface area contributed by atoms with Crippen LogP contribution in [0.15, 0.2) is 18.2 Å². The number of nitro groups is 1. The third kappa shape index (κ3) is 3.03. The highest BCUT2D eigenvalue weighted by atomic mass is 32.1. The van der Waals surface area contributed by atoms with Crippen molar-refractivity contribution in [3.63, 3.8) is 0 Å². The molecule has 0 unspecified atom stereocenters. The summed E-state index contributed by atoms with van der Waals surface area (Å²) < 4.78 is 26.4. The Bertz CT molecular complexity index is 435. The number of thiol groups is 1. The largest absolute Gasteiger partial charge is 0.307 e. The molecule has 3 nitrogen and oxygen atoms in total. The van der Waals surface area contributed by atoms with Gasteiger partial charge < -0.3 is 0 Å². The van der Waals surface area contributed by atoms with Gasteiger partial charge in [0.05, 0.1) is 11.0 Å². The Balaban J connectivity index is 3.05. The highest BCUT2D eigenvalue weighted by Crippen LogP contribution is 2.22. The molecular formula is C10H9F2NO2S. The summed E-state index contributed by atoms with van der Waals surface area (Å²) in [5, 5.41) is 10.3. The smallest absolute Gasteiger partial charge is 0.258 e. The number of rotatable bonds is 4. The highest BCUT2D eigenvalue weighted by molar-refractivity contribution is 7.80. The van der Waals surface area contributed by atoms with Crippen LogP contribution in [0.25, 0.3) is 6.08 Å². The van der Waals surface area contributed by atoms with Crippen LogP contribution in [0.3, 0.4) is 0 Å². The summed E-state index contributed by atoms with van der Waals surface area (Å²) in [6.07, 6.45) is 3.61. The maximum absolute atomic E-state index is 13.3. The minimum absolute atomic E-state index is 0.00937. The quantitative estimate of drug-likeness (QED) is 0.503. The zero-order valence-corrected chi connectivity index (χ0v) is 9.08. The van der Waals surface area contributed by atoms with Crippen molar-refractivity contribution < 1.29 is 13.7 Å². The summed E-state index contributed by atoms with van der Waals surface area (Å²) in [6.45, 7) is 0. The van der Waals surface area contributed by atoms with Gasteiger partial charge in [-0.2, -0.15) is 17.0 Å². The van der Waals surface area contributed by atoms with Crippen LogP contribution < -0.4 is 0 Å². The molecular weight excluding hydrogens is 236 g/mol. The molecule has 16 heavy (non-hydrogen) atoms. The van der Waals surface area contributed by atoms with E-state index in [1.807, 2.05) is 0 Å². The van der Waals surface area contributed by atoms with E-state index in [2.05, 4.69) is 12.6 Å². The average molecular weight is 245 g/mol. The predicted octanol–water partition coefficient (Wildman–Crippen LogP) is 3.21. The SMILES string of the molecule is O=[N+]([O-])c1cc(F)c(C=CCCS)cc1F. The van der Waals surface area contributed by atoms with Gasteiger partial charge in [-0.1, -0.05) is 12.2 Å². The van der Waals surface area contributed by atoms with Crippen molar-refractivity contribution in [2.45, 2.75) is 6.42 Å². The first-order valence-electron chi connectivity index (χ1n) is 4.47. The molecule has 0 N–H and O–H groups in total. The van der Waals surface area contributed by atoms with E-state index in [9.17, 15) is 18.9 Å². The average Bonchev–Trinajstić information content (AvgIpc) is 2.22. The Morgan fingerprint density at radius 1 is 1.38 bits per heavy atom. The fourth-order valence-corrected chi connectivity index (χ4v) is 1.25. The van der Waals surface area contributed by atoms with Gasteiger partial charge in [0.2, 0.25) is 5.82 Å². The van der Waals surface area contributed by atoms with Crippen LogP contribution in [-0.4, -0.2) is 10.7 Å². The number of hydrogen-bond acceptors (Lipinski definition) is 3. The molecule has 0 aliphatic heterocycles. The zero-order valence-electron chi connectivity index (χ0n) is 8.19. The summed E-state index contributed by atoms with van der Waals surface area (Å²) in [5.41, 5.74) is -0.867. The van der Waals surface area contributed by atoms with E-state index < -0.39 is 22.2 Å². The fraction of sp³-hybridized carbons (Fsp3) is 0.200. The van der Waals surface area contributed by atoms with Crippen molar-refractivity contribution in [1.82, 2.24) is 0 Å². The second-order valence-corrected chi connectivity index (χ2v) is 3.44. The number of halogens is 2. The Morgan fingerprint density at radius 3 is 2.62 bits per heavy atom. The first kappa shape index (κ1) is 12.6. The maximum Gasteiger partial charge on any atom is 0.307 e. The van der Waals surface area contributed by atoms with Crippen LogP contribution in [0, 0.1) is 21.7 Å². The lowest BCUT2D eigenvalue weighted by Gasteiger charge is -1.98. The molecule has 0 bridgehead atoms. The van der Waals surface area contributed by atoms with Crippen LogP contribution in [0.5, 0.6) is 0 Å². The number of nitrogens with zero attached hydrogens (tertiary/aromatic N) is 1. The Hall–Kier alpha value is -1.43. The van der Waals surface area contributed by atoms with Crippen molar-refractivity contribution >= 4 is 24.4 Å². The standard InChI is InChI=1S/C10H9F2NO2S/c11-8-6-10(13(14)15)9(12)5-7(8)3-1-2-4-16/h1,3,5-6,16H,2,4H2. The zero-order chi connectivity index (χ0) is 12.1. The molecule has 1 aromatic carbocycles. The van der Waals surface area contributed by atoms with Crippen molar-refractivity contribution in [3.8, 4) is 0 Å². The predicted molar refractivity (Wildman–Crippen MR) is 60.5 cm³/mol. The van der Waals surface area contributed by atoms with Gasteiger partial charge in [0.15, 0.2) is 0 Å². The molecule has 1 rings (SSSR count). The van der Waals surface area contributed by atoms with E-state index in [1.54, 1.807) is 6.08 Å². The van der Waals surface area contributed by atoms with E-state index >= 15 is 0 Å². The van der Waals surface area contributed by atoms with Crippen LogP contribution >= 0.6 is 12.6 Å². The molecule has 1 aromatic rings. The van der Waals surface area contributed by atoms with Gasteiger partial charge in [-0.05, 0) is 18.2 Å². The molecule has 86 valence electrons. The van der Waals surface area contributed by atoms with Gasteiger partial charge in [-0.25, -0.2) is 4.39 Å². The first-order valence-corrected chi connectivity index (χ1v) is 5.10. The summed E-state index contributed by atoms with van der Waals surface area (Å²) in [6, 6.07) is 1.39. The summed E-state index contributed by atoms with van der Waals surface area (Å²) in [4.78, 5) is 9.36. The summed E-state index contributed by atoms with van der Waals surface area (Å²) in [5.74, 6) is -1.27. The molecule has 0 heterocycles. The molecule has 0 saturated carbocycles. The monoisotopic (exact) mass is 245 g/mol. The van der Waals surface area contributed by atoms with Crippen molar-refractivity contribution in [2.75, 3.05) is 5.75 Å². The lowest BCUT2D eigenvalue weighted by molar-refractivity contribution is -0.387. The van der Waals surface area contributed by atoms with Crippen LogP contribution in [0.2, 0.25) is 0 Å². The van der Waals surface area contributed by atoms with E-state index in [0.29, 0.717) is 18.2 Å². The second-order valence-electron chi connectivity index (χ2n) is 3.00. The molecule has 0 radical (unpaired) electrons. The molecule has 0 atom stereocenters. The highest BCUT2D eigenvalue weighted by Gasteiger charge is 2.17. The van der Waals surface area contributed by atoms with Gasteiger partial charge in [0.1, 0.15) is 5.82 Å². The summed E-state index contributed by atoms with van der Waals surface area (Å²) >= 11 is 3.95. The number of allylic oxidation sites excluding steroid dienone is 1. The van der Waals surface area contributed by atoms with E-state index in [-0.39, 0.29) is 5.56 Å². The van der Waals surface area contributed by atoms with E-state index in [1.165, 1.54) is 6.08 Å².